The number of unbranched alkanes of at least 4 members (excludes halogenated alkanes) is 5. The smallest absolute Gasteiger partial charge is 0.308 e. The van der Waals surface area contributed by atoms with E-state index in [9.17, 15) is 9.90 Å². The molecule has 2 aromatic rings. The Balaban J connectivity index is 1.14. The molecule has 2 saturated carbocycles. The van der Waals surface area contributed by atoms with Crippen LogP contribution >= 0.6 is 0 Å². The lowest BCUT2D eigenvalue weighted by molar-refractivity contribution is -0.132. The highest BCUT2D eigenvalue weighted by molar-refractivity contribution is 5.73. The van der Waals surface area contributed by atoms with E-state index >= 15 is 0 Å². The van der Waals surface area contributed by atoms with Gasteiger partial charge in [0.1, 0.15) is 11.9 Å². The number of piperidine rings is 1. The van der Waals surface area contributed by atoms with Gasteiger partial charge in [0.15, 0.2) is 11.5 Å². The molecule has 2 aromatic carbocycles. The molecule has 244 valence electrons. The van der Waals surface area contributed by atoms with Crippen molar-refractivity contribution in [2.24, 2.45) is 11.8 Å². The van der Waals surface area contributed by atoms with Gasteiger partial charge in [-0.3, -0.25) is 14.6 Å². The van der Waals surface area contributed by atoms with Gasteiger partial charge in [-0.05, 0) is 101 Å². The topological polar surface area (TPSA) is 62.2 Å². The van der Waals surface area contributed by atoms with Gasteiger partial charge < -0.3 is 14.6 Å². The number of phenols is 1. The summed E-state index contributed by atoms with van der Waals surface area (Å²) in [5.74, 6) is 2.45. The summed E-state index contributed by atoms with van der Waals surface area (Å²) in [6, 6.07) is 13.3. The predicted molar refractivity (Wildman–Crippen MR) is 178 cm³/mol. The molecular weight excluding hydrogens is 560 g/mol. The van der Waals surface area contributed by atoms with Gasteiger partial charge in [0.2, 0.25) is 0 Å². The first-order chi connectivity index (χ1) is 22.0. The van der Waals surface area contributed by atoms with Crippen molar-refractivity contribution >= 4 is 5.97 Å². The Morgan fingerprint density at radius 2 is 1.82 bits per heavy atom. The molecule has 0 radical (unpaired) electrons. The molecular formula is C39H54N2O4. The van der Waals surface area contributed by atoms with E-state index in [1.165, 1.54) is 95.2 Å². The molecule has 5 aliphatic rings. The molecule has 0 unspecified atom stereocenters. The highest BCUT2D eigenvalue weighted by atomic mass is 16.6. The molecule has 7 rings (SSSR count). The first-order valence-corrected chi connectivity index (χ1v) is 18.3. The Morgan fingerprint density at radius 1 is 1.04 bits per heavy atom. The fraction of sp³-hybridized carbons (Fsp3) is 0.667. The zero-order valence-corrected chi connectivity index (χ0v) is 27.6. The van der Waals surface area contributed by atoms with Crippen molar-refractivity contribution < 1.29 is 19.4 Å². The summed E-state index contributed by atoms with van der Waals surface area (Å²) in [6.45, 7) is 8.26. The van der Waals surface area contributed by atoms with Crippen molar-refractivity contribution in [3.05, 3.63) is 53.1 Å². The zero-order chi connectivity index (χ0) is 31.0. The van der Waals surface area contributed by atoms with Crippen molar-refractivity contribution in [2.75, 3.05) is 26.2 Å². The summed E-state index contributed by atoms with van der Waals surface area (Å²) in [6.07, 6.45) is 16.9. The largest absolute Gasteiger partial charge is 0.508 e. The van der Waals surface area contributed by atoms with Crippen LogP contribution in [0.15, 0.2) is 36.4 Å². The van der Waals surface area contributed by atoms with Crippen LogP contribution in [-0.2, 0) is 23.1 Å². The standard InChI is InChI=1S/C39H54N2O4/c1-3-4-11-21-40(22-12-6-5-8-13-28-14-9-7-10-15-28)32-19-18-31-33-24-30-34(43)25-35(44-27(2)42)37-36(30)39(31,38(32)45-37)20-23-41(33)26-29-16-17-29/h7,9-10,14-15,25,29,31-33,38,43H,3-6,8,11-13,16-24,26H2,1-2H3/t31-,32+,33+,38-,39-/m0/s1. The normalized spacial score (nSPS) is 28.2. The molecule has 2 aliphatic heterocycles. The van der Waals surface area contributed by atoms with Crippen molar-refractivity contribution in [3.63, 3.8) is 0 Å². The summed E-state index contributed by atoms with van der Waals surface area (Å²) < 4.78 is 12.9. The van der Waals surface area contributed by atoms with Crippen LogP contribution in [0.5, 0.6) is 17.2 Å². The van der Waals surface area contributed by atoms with E-state index < -0.39 is 0 Å². The number of ether oxygens (including phenoxy) is 2. The number of esters is 1. The number of hydrogen-bond donors (Lipinski definition) is 1. The van der Waals surface area contributed by atoms with Crippen LogP contribution in [0.3, 0.4) is 0 Å². The predicted octanol–water partition coefficient (Wildman–Crippen LogP) is 7.43. The maximum atomic E-state index is 12.2. The SMILES string of the molecule is CCCCCN(CCCCCCc1ccccc1)[C@@H]1CC[C@H]2[C@H]3Cc4c(O)cc(OC(C)=O)c5c4[C@@]2(CCN3CC2CC2)[C@H]1O5. The van der Waals surface area contributed by atoms with E-state index in [1.807, 2.05) is 0 Å². The van der Waals surface area contributed by atoms with Gasteiger partial charge >= 0.3 is 5.97 Å². The summed E-state index contributed by atoms with van der Waals surface area (Å²) in [5.41, 5.74) is 3.57. The first-order valence-electron chi connectivity index (χ1n) is 18.3. The van der Waals surface area contributed by atoms with Crippen LogP contribution in [0.1, 0.15) is 108 Å². The summed E-state index contributed by atoms with van der Waals surface area (Å²) >= 11 is 0. The Labute approximate surface area is 270 Å². The molecule has 1 saturated heterocycles. The molecule has 1 spiro atoms. The molecule has 2 bridgehead atoms. The minimum Gasteiger partial charge on any atom is -0.508 e. The van der Waals surface area contributed by atoms with Crippen molar-refractivity contribution in [3.8, 4) is 17.2 Å². The highest BCUT2D eigenvalue weighted by Crippen LogP contribution is 2.66. The van der Waals surface area contributed by atoms with Gasteiger partial charge in [-0.15, -0.1) is 0 Å². The molecule has 3 fully saturated rings. The van der Waals surface area contributed by atoms with Crippen LogP contribution in [-0.4, -0.2) is 65.2 Å². The number of likely N-dealkylation sites (tertiary alicyclic amines) is 1. The monoisotopic (exact) mass is 614 g/mol. The molecule has 1 N–H and O–H groups in total. The molecule has 6 nitrogen and oxygen atoms in total. The quantitative estimate of drug-likeness (QED) is 0.128. The summed E-state index contributed by atoms with van der Waals surface area (Å²) in [7, 11) is 0. The highest BCUT2D eigenvalue weighted by Gasteiger charge is 2.67. The van der Waals surface area contributed by atoms with Crippen LogP contribution in [0, 0.1) is 11.8 Å². The first kappa shape index (κ1) is 31.1. The van der Waals surface area contributed by atoms with Gasteiger partial charge in [-0.2, -0.15) is 0 Å². The Bertz CT molecular complexity index is 1340. The number of carbonyl (C=O) groups excluding carboxylic acids is 1. The summed E-state index contributed by atoms with van der Waals surface area (Å²) in [5, 5.41) is 11.4. The second-order valence-electron chi connectivity index (χ2n) is 14.9. The summed E-state index contributed by atoms with van der Waals surface area (Å²) in [4.78, 5) is 17.8. The Morgan fingerprint density at radius 3 is 2.58 bits per heavy atom. The third-order valence-corrected chi connectivity index (χ3v) is 12.0. The van der Waals surface area contributed by atoms with Crippen molar-refractivity contribution in [1.29, 1.82) is 0 Å². The van der Waals surface area contributed by atoms with E-state index in [-0.39, 0.29) is 23.2 Å². The number of benzene rings is 2. The van der Waals surface area contributed by atoms with E-state index in [2.05, 4.69) is 47.1 Å². The van der Waals surface area contributed by atoms with Crippen LogP contribution < -0.4 is 9.47 Å². The fourth-order valence-corrected chi connectivity index (χ4v) is 9.76. The maximum Gasteiger partial charge on any atom is 0.308 e. The number of nitrogens with zero attached hydrogens (tertiary/aromatic N) is 2. The van der Waals surface area contributed by atoms with Crippen LogP contribution in [0.2, 0.25) is 0 Å². The number of hydrogen-bond acceptors (Lipinski definition) is 6. The number of aryl methyl sites for hydroxylation is 1. The van der Waals surface area contributed by atoms with Crippen LogP contribution in [0.25, 0.3) is 0 Å². The van der Waals surface area contributed by atoms with Crippen LogP contribution in [0.4, 0.5) is 0 Å². The second kappa shape index (κ2) is 13.3. The lowest BCUT2D eigenvalue weighted by Crippen LogP contribution is -2.69. The fourth-order valence-electron chi connectivity index (χ4n) is 9.76. The third kappa shape index (κ3) is 6.02. The van der Waals surface area contributed by atoms with E-state index in [4.69, 9.17) is 9.47 Å². The average Bonchev–Trinajstić information content (AvgIpc) is 3.79. The minimum absolute atomic E-state index is 0.0340. The molecule has 0 amide bonds. The van der Waals surface area contributed by atoms with E-state index in [0.29, 0.717) is 23.8 Å². The molecule has 6 heteroatoms. The Hall–Kier alpha value is -2.57. The lowest BCUT2D eigenvalue weighted by Gasteiger charge is -2.60. The Kier molecular flexibility index (Phi) is 9.16. The van der Waals surface area contributed by atoms with Gasteiger partial charge in [-0.1, -0.05) is 62.9 Å². The lowest BCUT2D eigenvalue weighted by atomic mass is 9.50. The number of phenolic OH excluding ortho intramolecular Hbond substituents is 1. The van der Waals surface area contributed by atoms with Crippen molar-refractivity contribution in [2.45, 2.75) is 127 Å². The van der Waals surface area contributed by atoms with E-state index in [0.717, 1.165) is 56.1 Å². The van der Waals surface area contributed by atoms with Gasteiger partial charge in [0, 0.05) is 48.2 Å². The molecule has 0 aromatic heterocycles. The molecule has 45 heavy (non-hydrogen) atoms. The number of rotatable bonds is 15. The molecule has 3 aliphatic carbocycles. The zero-order valence-electron chi connectivity index (χ0n) is 27.6. The number of carbonyl (C=O) groups is 1. The van der Waals surface area contributed by atoms with Crippen molar-refractivity contribution in [1.82, 2.24) is 9.80 Å². The van der Waals surface area contributed by atoms with Gasteiger partial charge in [0.05, 0.1) is 0 Å². The van der Waals surface area contributed by atoms with Gasteiger partial charge in [0.25, 0.3) is 0 Å². The minimum atomic E-state index is -0.365. The average molecular weight is 615 g/mol. The third-order valence-electron chi connectivity index (χ3n) is 12.0. The van der Waals surface area contributed by atoms with Gasteiger partial charge in [-0.25, -0.2) is 0 Å². The molecule has 5 atom stereocenters. The molecule has 2 heterocycles. The second-order valence-corrected chi connectivity index (χ2v) is 14.9. The van der Waals surface area contributed by atoms with E-state index in [1.54, 1.807) is 6.07 Å². The number of aromatic hydroxyl groups is 1. The maximum absolute atomic E-state index is 12.2.